The molecule has 14 heavy (non-hydrogen) atoms. The molecule has 0 bridgehead atoms. The molecule has 2 unspecified atom stereocenters. The first kappa shape index (κ1) is 11.5. The van der Waals surface area contributed by atoms with Gasteiger partial charge < -0.3 is 10.6 Å². The Balaban J connectivity index is 2.33. The molecule has 0 aromatic carbocycles. The summed E-state index contributed by atoms with van der Waals surface area (Å²) in [5.41, 5.74) is 0. The van der Waals surface area contributed by atoms with Crippen molar-refractivity contribution in [1.29, 1.82) is 0 Å². The van der Waals surface area contributed by atoms with Crippen molar-refractivity contribution in [2.75, 3.05) is 13.1 Å². The quantitative estimate of drug-likeness (QED) is 0.714. The zero-order chi connectivity index (χ0) is 10.6. The van der Waals surface area contributed by atoms with Crippen LogP contribution < -0.4 is 10.6 Å². The Labute approximate surface area is 86.6 Å². The van der Waals surface area contributed by atoms with Crippen LogP contribution in [0.25, 0.3) is 0 Å². The Morgan fingerprint density at radius 2 is 2.14 bits per heavy atom. The highest BCUT2D eigenvalue weighted by Gasteiger charge is 2.22. The second-order valence-electron chi connectivity index (χ2n) is 4.58. The molecule has 1 amide bonds. The van der Waals surface area contributed by atoms with Gasteiger partial charge in [-0.1, -0.05) is 13.8 Å². The highest BCUT2D eigenvalue weighted by atomic mass is 16.1. The molecule has 1 aliphatic rings. The zero-order valence-electron chi connectivity index (χ0n) is 9.47. The summed E-state index contributed by atoms with van der Waals surface area (Å²) in [6.45, 7) is 8.23. The predicted octanol–water partition coefficient (Wildman–Crippen LogP) is 1.15. The molecule has 1 rings (SSSR count). The minimum atomic E-state index is 0.185. The number of carbonyl (C=O) groups excluding carboxylic acids is 1. The molecule has 3 nitrogen and oxygen atoms in total. The third kappa shape index (κ3) is 3.29. The molecular formula is C11H22N2O. The van der Waals surface area contributed by atoms with Gasteiger partial charge in [0.2, 0.25) is 5.91 Å². The van der Waals surface area contributed by atoms with Crippen molar-refractivity contribution in [3.63, 3.8) is 0 Å². The minimum absolute atomic E-state index is 0.185. The highest BCUT2D eigenvalue weighted by Crippen LogP contribution is 2.11. The van der Waals surface area contributed by atoms with Crippen molar-refractivity contribution in [3.8, 4) is 0 Å². The highest BCUT2D eigenvalue weighted by molar-refractivity contribution is 5.79. The summed E-state index contributed by atoms with van der Waals surface area (Å²) < 4.78 is 0. The summed E-state index contributed by atoms with van der Waals surface area (Å²) >= 11 is 0. The molecule has 0 aromatic rings. The van der Waals surface area contributed by atoms with Crippen molar-refractivity contribution in [1.82, 2.24) is 10.6 Å². The molecule has 1 aliphatic heterocycles. The first-order valence-electron chi connectivity index (χ1n) is 5.62. The maximum atomic E-state index is 11.8. The van der Waals surface area contributed by atoms with Crippen LogP contribution in [-0.2, 0) is 4.79 Å². The number of amides is 1. The monoisotopic (exact) mass is 198 g/mol. The van der Waals surface area contributed by atoms with Gasteiger partial charge in [-0.15, -0.1) is 0 Å². The molecular weight excluding hydrogens is 176 g/mol. The minimum Gasteiger partial charge on any atom is -0.353 e. The Kier molecular flexibility index (Phi) is 4.39. The predicted molar refractivity (Wildman–Crippen MR) is 58.0 cm³/mol. The summed E-state index contributed by atoms with van der Waals surface area (Å²) in [6.07, 6.45) is 2.15. The second-order valence-corrected chi connectivity index (χ2v) is 4.58. The first-order chi connectivity index (χ1) is 6.61. The van der Waals surface area contributed by atoms with E-state index in [-0.39, 0.29) is 17.9 Å². The Morgan fingerprint density at radius 3 is 2.64 bits per heavy atom. The summed E-state index contributed by atoms with van der Waals surface area (Å²) in [6, 6.07) is 0.282. The van der Waals surface area contributed by atoms with Gasteiger partial charge in [0.25, 0.3) is 0 Å². The van der Waals surface area contributed by atoms with E-state index in [2.05, 4.69) is 31.4 Å². The van der Waals surface area contributed by atoms with Crippen molar-refractivity contribution in [2.24, 2.45) is 11.8 Å². The van der Waals surface area contributed by atoms with Crippen LogP contribution in [0.2, 0.25) is 0 Å². The van der Waals surface area contributed by atoms with Crippen LogP contribution in [0.4, 0.5) is 0 Å². The summed E-state index contributed by atoms with van der Waals surface area (Å²) in [7, 11) is 0. The normalized spacial score (nSPS) is 24.7. The lowest BCUT2D eigenvalue weighted by atomic mass is 9.97. The molecule has 0 spiro atoms. The SMILES string of the molecule is CC(C)C(C)NC(=O)C1CCCNC1. The molecule has 3 heteroatoms. The fourth-order valence-corrected chi connectivity index (χ4v) is 1.58. The van der Waals surface area contributed by atoms with Crippen LogP contribution in [0.1, 0.15) is 33.6 Å². The van der Waals surface area contributed by atoms with E-state index in [0.29, 0.717) is 5.92 Å². The van der Waals surface area contributed by atoms with E-state index in [1.54, 1.807) is 0 Å². The number of nitrogens with one attached hydrogen (secondary N) is 2. The smallest absolute Gasteiger partial charge is 0.224 e. The van der Waals surface area contributed by atoms with Crippen LogP contribution in [0.15, 0.2) is 0 Å². The van der Waals surface area contributed by atoms with E-state index >= 15 is 0 Å². The maximum absolute atomic E-state index is 11.8. The zero-order valence-corrected chi connectivity index (χ0v) is 9.47. The average Bonchev–Trinajstić information content (AvgIpc) is 2.19. The standard InChI is InChI=1S/C11H22N2O/c1-8(2)9(3)13-11(14)10-5-4-6-12-7-10/h8-10,12H,4-7H2,1-3H3,(H,13,14). The van der Waals surface area contributed by atoms with E-state index in [0.717, 1.165) is 25.9 Å². The van der Waals surface area contributed by atoms with Crippen LogP contribution in [0, 0.1) is 11.8 Å². The van der Waals surface area contributed by atoms with Gasteiger partial charge in [-0.05, 0) is 32.2 Å². The van der Waals surface area contributed by atoms with Gasteiger partial charge in [0.15, 0.2) is 0 Å². The van der Waals surface area contributed by atoms with Gasteiger partial charge in [-0.3, -0.25) is 4.79 Å². The fraction of sp³-hybridized carbons (Fsp3) is 0.909. The average molecular weight is 198 g/mol. The van der Waals surface area contributed by atoms with Gasteiger partial charge in [-0.25, -0.2) is 0 Å². The number of piperidine rings is 1. The van der Waals surface area contributed by atoms with E-state index < -0.39 is 0 Å². The molecule has 0 radical (unpaired) electrons. The van der Waals surface area contributed by atoms with Gasteiger partial charge in [-0.2, -0.15) is 0 Å². The van der Waals surface area contributed by atoms with Crippen molar-refractivity contribution in [3.05, 3.63) is 0 Å². The van der Waals surface area contributed by atoms with E-state index in [1.807, 2.05) is 0 Å². The molecule has 0 saturated carbocycles. The van der Waals surface area contributed by atoms with Crippen LogP contribution >= 0.6 is 0 Å². The van der Waals surface area contributed by atoms with Gasteiger partial charge in [0.1, 0.15) is 0 Å². The third-order valence-corrected chi connectivity index (χ3v) is 3.04. The second kappa shape index (κ2) is 5.35. The van der Waals surface area contributed by atoms with E-state index in [1.165, 1.54) is 0 Å². The summed E-state index contributed by atoms with van der Waals surface area (Å²) in [5, 5.41) is 6.33. The molecule has 0 aliphatic carbocycles. The molecule has 2 atom stereocenters. The Bertz CT molecular complexity index is 186. The lowest BCUT2D eigenvalue weighted by Gasteiger charge is -2.25. The third-order valence-electron chi connectivity index (χ3n) is 3.04. The molecule has 1 saturated heterocycles. The molecule has 82 valence electrons. The lowest BCUT2D eigenvalue weighted by Crippen LogP contribution is -2.45. The first-order valence-corrected chi connectivity index (χ1v) is 5.62. The summed E-state index contributed by atoms with van der Waals surface area (Å²) in [4.78, 5) is 11.8. The van der Waals surface area contributed by atoms with E-state index in [4.69, 9.17) is 0 Å². The lowest BCUT2D eigenvalue weighted by molar-refractivity contribution is -0.126. The van der Waals surface area contributed by atoms with Crippen LogP contribution in [-0.4, -0.2) is 25.0 Å². The molecule has 2 N–H and O–H groups in total. The molecule has 1 heterocycles. The largest absolute Gasteiger partial charge is 0.353 e. The number of hydrogen-bond donors (Lipinski definition) is 2. The van der Waals surface area contributed by atoms with Gasteiger partial charge >= 0.3 is 0 Å². The summed E-state index contributed by atoms with van der Waals surface area (Å²) in [5.74, 6) is 0.916. The number of hydrogen-bond acceptors (Lipinski definition) is 2. The number of rotatable bonds is 3. The van der Waals surface area contributed by atoms with Crippen LogP contribution in [0.3, 0.4) is 0 Å². The molecule has 0 aromatic heterocycles. The number of carbonyl (C=O) groups is 1. The maximum Gasteiger partial charge on any atom is 0.224 e. The van der Waals surface area contributed by atoms with Gasteiger partial charge in [0, 0.05) is 12.6 Å². The van der Waals surface area contributed by atoms with Crippen LogP contribution in [0.5, 0.6) is 0 Å². The van der Waals surface area contributed by atoms with E-state index in [9.17, 15) is 4.79 Å². The van der Waals surface area contributed by atoms with Crippen molar-refractivity contribution in [2.45, 2.75) is 39.7 Å². The van der Waals surface area contributed by atoms with Crippen molar-refractivity contribution >= 4 is 5.91 Å². The Hall–Kier alpha value is -0.570. The Morgan fingerprint density at radius 1 is 1.43 bits per heavy atom. The molecule has 1 fully saturated rings. The topological polar surface area (TPSA) is 41.1 Å². The van der Waals surface area contributed by atoms with Crippen molar-refractivity contribution < 1.29 is 4.79 Å². The van der Waals surface area contributed by atoms with Gasteiger partial charge in [0.05, 0.1) is 5.92 Å². The fourth-order valence-electron chi connectivity index (χ4n) is 1.58.